The summed E-state index contributed by atoms with van der Waals surface area (Å²) in [6, 6.07) is 9.06. The van der Waals surface area contributed by atoms with Gasteiger partial charge in [0, 0.05) is 42.0 Å². The van der Waals surface area contributed by atoms with E-state index in [9.17, 15) is 13.2 Å². The number of hydrogen-bond donors (Lipinski definition) is 1. The third-order valence-corrected chi connectivity index (χ3v) is 8.55. The summed E-state index contributed by atoms with van der Waals surface area (Å²) in [5, 5.41) is 0.981. The van der Waals surface area contributed by atoms with Crippen molar-refractivity contribution in [2.45, 2.75) is 50.0 Å². The summed E-state index contributed by atoms with van der Waals surface area (Å²) in [7, 11) is -3.28. The van der Waals surface area contributed by atoms with Crippen LogP contribution in [-0.2, 0) is 14.6 Å². The second-order valence-electron chi connectivity index (χ2n) is 8.97. The maximum absolute atomic E-state index is 12.5. The summed E-state index contributed by atoms with van der Waals surface area (Å²) in [6.45, 7) is 2.79. The number of nitrogens with zero attached hydrogens (tertiary/aromatic N) is 2. The molecule has 1 fully saturated rings. The van der Waals surface area contributed by atoms with E-state index in [1.165, 1.54) is 0 Å². The zero-order valence-electron chi connectivity index (χ0n) is 19.3. The number of nitrogens with one attached hydrogen (secondary N) is 1. The standard InChI is InChI=1S/C26H29N3O4S/c1-2-34(31,32)22-9-5-6-19(14-22)20-15-23-24(17-28-25(23)27-16-20)18-10-12-29(13-11-18)26(30)33-21-7-3-4-8-21/h5-6,9-10,14-17,21H,2-4,7-8,11-13H2,1H3,(H,27,28). The van der Waals surface area contributed by atoms with Crippen LogP contribution in [0.3, 0.4) is 0 Å². The number of pyridine rings is 1. The second-order valence-corrected chi connectivity index (χ2v) is 11.2. The molecule has 3 heterocycles. The topological polar surface area (TPSA) is 92.4 Å². The molecule has 34 heavy (non-hydrogen) atoms. The average Bonchev–Trinajstić information content (AvgIpc) is 3.53. The molecule has 1 aliphatic heterocycles. The molecule has 1 aliphatic carbocycles. The maximum atomic E-state index is 12.5. The third kappa shape index (κ3) is 4.46. The number of carbonyl (C=O) groups is 1. The van der Waals surface area contributed by atoms with Crippen LogP contribution in [0.25, 0.3) is 27.7 Å². The average molecular weight is 480 g/mol. The molecule has 3 aromatic rings. The van der Waals surface area contributed by atoms with Crippen LogP contribution in [-0.4, -0.2) is 54.3 Å². The molecule has 178 valence electrons. The predicted molar refractivity (Wildman–Crippen MR) is 132 cm³/mol. The molecule has 2 aliphatic rings. The van der Waals surface area contributed by atoms with Crippen molar-refractivity contribution in [3.63, 3.8) is 0 Å². The highest BCUT2D eigenvalue weighted by molar-refractivity contribution is 7.91. The molecule has 0 unspecified atom stereocenters. The van der Waals surface area contributed by atoms with Crippen molar-refractivity contribution in [2.24, 2.45) is 0 Å². The van der Waals surface area contributed by atoms with E-state index >= 15 is 0 Å². The van der Waals surface area contributed by atoms with Crippen molar-refractivity contribution in [3.8, 4) is 11.1 Å². The first-order valence-electron chi connectivity index (χ1n) is 11.9. The zero-order valence-corrected chi connectivity index (χ0v) is 20.1. The van der Waals surface area contributed by atoms with Gasteiger partial charge in [-0.25, -0.2) is 18.2 Å². The highest BCUT2D eigenvalue weighted by Crippen LogP contribution is 2.32. The Balaban J connectivity index is 1.38. The van der Waals surface area contributed by atoms with Crippen molar-refractivity contribution in [2.75, 3.05) is 18.8 Å². The molecule has 7 nitrogen and oxygen atoms in total. The van der Waals surface area contributed by atoms with Crippen LogP contribution < -0.4 is 0 Å². The molecule has 1 aromatic carbocycles. The molecule has 5 rings (SSSR count). The molecule has 0 saturated heterocycles. The summed E-state index contributed by atoms with van der Waals surface area (Å²) >= 11 is 0. The fourth-order valence-corrected chi connectivity index (χ4v) is 5.69. The molecule has 8 heteroatoms. The molecular weight excluding hydrogens is 450 g/mol. The number of amides is 1. The number of sulfone groups is 1. The van der Waals surface area contributed by atoms with E-state index < -0.39 is 9.84 Å². The zero-order chi connectivity index (χ0) is 23.7. The van der Waals surface area contributed by atoms with Gasteiger partial charge in [0.2, 0.25) is 0 Å². The van der Waals surface area contributed by atoms with E-state index in [1.54, 1.807) is 36.2 Å². The lowest BCUT2D eigenvalue weighted by Crippen LogP contribution is -2.36. The number of H-pyrrole nitrogens is 1. The number of fused-ring (bicyclic) bond motifs is 1. The van der Waals surface area contributed by atoms with Crippen LogP contribution in [0.15, 0.2) is 53.7 Å². The highest BCUT2D eigenvalue weighted by Gasteiger charge is 2.25. The Morgan fingerprint density at radius 3 is 2.76 bits per heavy atom. The van der Waals surface area contributed by atoms with E-state index in [-0.39, 0.29) is 18.0 Å². The van der Waals surface area contributed by atoms with Gasteiger partial charge >= 0.3 is 6.09 Å². The number of ether oxygens (including phenoxy) is 1. The van der Waals surface area contributed by atoms with Gasteiger partial charge in [0.05, 0.1) is 10.6 Å². The number of hydrogen-bond acceptors (Lipinski definition) is 5. The molecule has 1 N–H and O–H groups in total. The van der Waals surface area contributed by atoms with Gasteiger partial charge in [-0.2, -0.15) is 0 Å². The molecule has 1 amide bonds. The highest BCUT2D eigenvalue weighted by atomic mass is 32.2. The van der Waals surface area contributed by atoms with E-state index in [4.69, 9.17) is 4.74 Å². The first kappa shape index (κ1) is 22.7. The Hall–Kier alpha value is -3.13. The number of carbonyl (C=O) groups excluding carboxylic acids is 1. The van der Waals surface area contributed by atoms with Gasteiger partial charge in [-0.3, -0.25) is 0 Å². The summed E-state index contributed by atoms with van der Waals surface area (Å²) in [5.74, 6) is 0.0646. The van der Waals surface area contributed by atoms with E-state index in [0.717, 1.165) is 65.4 Å². The van der Waals surface area contributed by atoms with E-state index in [2.05, 4.69) is 16.0 Å². The number of aromatic nitrogens is 2. The van der Waals surface area contributed by atoms with Gasteiger partial charge in [0.1, 0.15) is 11.8 Å². The molecule has 0 atom stereocenters. The van der Waals surface area contributed by atoms with Crippen LogP contribution in [0.5, 0.6) is 0 Å². The lowest BCUT2D eigenvalue weighted by atomic mass is 9.98. The van der Waals surface area contributed by atoms with Gasteiger partial charge in [-0.05, 0) is 61.4 Å². The Bertz CT molecular complexity index is 1350. The smallest absolute Gasteiger partial charge is 0.410 e. The Labute approximate surface area is 199 Å². The Morgan fingerprint density at radius 1 is 1.21 bits per heavy atom. The Kier molecular flexibility index (Phi) is 6.16. The van der Waals surface area contributed by atoms with Crippen molar-refractivity contribution in [3.05, 3.63) is 54.4 Å². The minimum Gasteiger partial charge on any atom is -0.446 e. The van der Waals surface area contributed by atoms with Gasteiger partial charge in [-0.15, -0.1) is 0 Å². The molecule has 2 aromatic heterocycles. The van der Waals surface area contributed by atoms with Gasteiger partial charge in [-0.1, -0.05) is 25.1 Å². The first-order chi connectivity index (χ1) is 16.4. The SMILES string of the molecule is CCS(=O)(=O)c1cccc(-c2cnc3[nH]cc(C4=CCN(C(=O)OC5CCCC5)CC4)c3c2)c1. The van der Waals surface area contributed by atoms with Gasteiger partial charge in [0.25, 0.3) is 0 Å². The number of benzene rings is 1. The molecule has 0 bridgehead atoms. The Morgan fingerprint density at radius 2 is 2.03 bits per heavy atom. The molecule has 0 radical (unpaired) electrons. The first-order valence-corrected chi connectivity index (χ1v) is 13.5. The molecule has 0 spiro atoms. The summed E-state index contributed by atoms with van der Waals surface area (Å²) in [6.07, 6.45) is 10.6. The van der Waals surface area contributed by atoms with Crippen LogP contribution in [0, 0.1) is 0 Å². The fraction of sp³-hybridized carbons (Fsp3) is 0.385. The van der Waals surface area contributed by atoms with Crippen LogP contribution in [0.4, 0.5) is 4.79 Å². The van der Waals surface area contributed by atoms with Crippen molar-refractivity contribution in [1.29, 1.82) is 0 Å². The lowest BCUT2D eigenvalue weighted by molar-refractivity contribution is 0.0682. The van der Waals surface area contributed by atoms with Crippen LogP contribution in [0.2, 0.25) is 0 Å². The lowest BCUT2D eigenvalue weighted by Gasteiger charge is -2.27. The predicted octanol–water partition coefficient (Wildman–Crippen LogP) is 5.19. The van der Waals surface area contributed by atoms with Crippen molar-refractivity contribution < 1.29 is 17.9 Å². The summed E-state index contributed by atoms with van der Waals surface area (Å²) in [4.78, 5) is 22.4. The normalized spacial score (nSPS) is 17.2. The number of rotatable bonds is 5. The van der Waals surface area contributed by atoms with Crippen LogP contribution in [0.1, 0.15) is 44.6 Å². The minimum absolute atomic E-state index is 0.0646. The van der Waals surface area contributed by atoms with Gasteiger partial charge in [0.15, 0.2) is 9.84 Å². The largest absolute Gasteiger partial charge is 0.446 e. The number of aromatic amines is 1. The molecular formula is C26H29N3O4S. The second kappa shape index (κ2) is 9.25. The van der Waals surface area contributed by atoms with E-state index in [0.29, 0.717) is 18.0 Å². The van der Waals surface area contributed by atoms with E-state index in [1.807, 2.05) is 18.3 Å². The van der Waals surface area contributed by atoms with Crippen LogP contribution >= 0.6 is 0 Å². The minimum atomic E-state index is -3.28. The summed E-state index contributed by atoms with van der Waals surface area (Å²) < 4.78 is 30.3. The molecule has 1 saturated carbocycles. The van der Waals surface area contributed by atoms with Gasteiger partial charge < -0.3 is 14.6 Å². The third-order valence-electron chi connectivity index (χ3n) is 6.82. The quantitative estimate of drug-likeness (QED) is 0.544. The maximum Gasteiger partial charge on any atom is 0.410 e. The van der Waals surface area contributed by atoms with Crippen molar-refractivity contribution >= 4 is 32.5 Å². The monoisotopic (exact) mass is 479 g/mol. The van der Waals surface area contributed by atoms with Crippen molar-refractivity contribution in [1.82, 2.24) is 14.9 Å². The summed E-state index contributed by atoms with van der Waals surface area (Å²) in [5.41, 5.74) is 4.68. The fourth-order valence-electron chi connectivity index (χ4n) is 4.77.